The van der Waals surface area contributed by atoms with E-state index in [2.05, 4.69) is 15.6 Å². The van der Waals surface area contributed by atoms with Crippen molar-refractivity contribution in [1.29, 1.82) is 0 Å². The smallest absolute Gasteiger partial charge is 0.407 e. The third-order valence-corrected chi connectivity index (χ3v) is 7.75. The van der Waals surface area contributed by atoms with Gasteiger partial charge in [0, 0.05) is 37.3 Å². The van der Waals surface area contributed by atoms with E-state index in [4.69, 9.17) is 4.74 Å². The van der Waals surface area contributed by atoms with Gasteiger partial charge in [-0.15, -0.1) is 0 Å². The minimum Gasteiger partial charge on any atom is -0.447 e. The summed E-state index contributed by atoms with van der Waals surface area (Å²) in [7, 11) is 0. The van der Waals surface area contributed by atoms with Crippen LogP contribution >= 0.6 is 0 Å². The van der Waals surface area contributed by atoms with Gasteiger partial charge in [-0.05, 0) is 37.0 Å². The zero-order valence-corrected chi connectivity index (χ0v) is 22.7. The minimum absolute atomic E-state index is 0.194. The van der Waals surface area contributed by atoms with Crippen molar-refractivity contribution >= 4 is 12.0 Å². The SMILES string of the molecule is O=C(N[C@H]1CCCC[C@@H]1n1cnc(C(=O)N2CCNC[C@H]2Cc2cc(F)cc(F)c2)c1-c1ccccc1)OCCF. The van der Waals surface area contributed by atoms with E-state index in [1.807, 2.05) is 34.9 Å². The van der Waals surface area contributed by atoms with Crippen molar-refractivity contribution in [1.82, 2.24) is 25.1 Å². The second kappa shape index (κ2) is 13.2. The summed E-state index contributed by atoms with van der Waals surface area (Å²) in [6.07, 6.45) is 4.55. The van der Waals surface area contributed by atoms with Crippen LogP contribution < -0.4 is 10.6 Å². The van der Waals surface area contributed by atoms with Gasteiger partial charge in [0.1, 0.15) is 24.9 Å². The highest BCUT2D eigenvalue weighted by Gasteiger charge is 2.35. The number of aromatic nitrogens is 2. The van der Waals surface area contributed by atoms with Crippen molar-refractivity contribution in [2.45, 2.75) is 50.2 Å². The normalized spacial score (nSPS) is 21.0. The molecule has 1 saturated carbocycles. The highest BCUT2D eigenvalue weighted by molar-refractivity contribution is 5.98. The molecule has 0 bridgehead atoms. The second-order valence-electron chi connectivity index (χ2n) is 10.5. The fourth-order valence-electron chi connectivity index (χ4n) is 5.94. The number of piperazine rings is 1. The lowest BCUT2D eigenvalue weighted by Gasteiger charge is -2.36. The predicted molar refractivity (Wildman–Crippen MR) is 147 cm³/mol. The van der Waals surface area contributed by atoms with Gasteiger partial charge in [0.05, 0.1) is 24.1 Å². The van der Waals surface area contributed by atoms with Crippen molar-refractivity contribution in [2.24, 2.45) is 0 Å². The van der Waals surface area contributed by atoms with Crippen molar-refractivity contribution < 1.29 is 27.5 Å². The van der Waals surface area contributed by atoms with Crippen LogP contribution in [-0.2, 0) is 11.2 Å². The van der Waals surface area contributed by atoms with Crippen molar-refractivity contribution in [2.75, 3.05) is 32.9 Å². The van der Waals surface area contributed by atoms with Crippen LogP contribution in [0.1, 0.15) is 47.8 Å². The first-order chi connectivity index (χ1) is 19.9. The zero-order valence-electron chi connectivity index (χ0n) is 22.7. The van der Waals surface area contributed by atoms with E-state index in [9.17, 15) is 22.8 Å². The monoisotopic (exact) mass is 569 g/mol. The van der Waals surface area contributed by atoms with E-state index in [1.165, 1.54) is 12.1 Å². The van der Waals surface area contributed by atoms with Crippen LogP contribution in [0.2, 0.25) is 0 Å². The maximum absolute atomic E-state index is 14.2. The molecule has 2 aromatic carbocycles. The van der Waals surface area contributed by atoms with Gasteiger partial charge in [0.2, 0.25) is 0 Å². The van der Waals surface area contributed by atoms with Crippen LogP contribution in [0.4, 0.5) is 18.0 Å². The molecule has 0 spiro atoms. The molecule has 0 unspecified atom stereocenters. The molecular formula is C30H34F3N5O3. The molecule has 8 nitrogen and oxygen atoms in total. The predicted octanol–water partition coefficient (Wildman–Crippen LogP) is 4.66. The molecule has 1 aliphatic heterocycles. The van der Waals surface area contributed by atoms with Crippen LogP contribution in [-0.4, -0.2) is 71.5 Å². The number of hydrogen-bond acceptors (Lipinski definition) is 5. The zero-order chi connectivity index (χ0) is 28.8. The lowest BCUT2D eigenvalue weighted by atomic mass is 9.89. The summed E-state index contributed by atoms with van der Waals surface area (Å²) in [6.45, 7) is 0.401. The molecule has 1 saturated heterocycles. The lowest BCUT2D eigenvalue weighted by molar-refractivity contribution is 0.0631. The van der Waals surface area contributed by atoms with Gasteiger partial charge in [-0.3, -0.25) is 4.79 Å². The topological polar surface area (TPSA) is 88.5 Å². The van der Waals surface area contributed by atoms with Crippen molar-refractivity contribution in [3.05, 3.63) is 77.8 Å². The van der Waals surface area contributed by atoms with Crippen LogP contribution in [0.3, 0.4) is 0 Å². The number of benzene rings is 2. The van der Waals surface area contributed by atoms with Gasteiger partial charge in [-0.25, -0.2) is 22.9 Å². The molecule has 218 valence electrons. The highest BCUT2D eigenvalue weighted by Crippen LogP contribution is 2.35. The van der Waals surface area contributed by atoms with E-state index < -0.39 is 24.4 Å². The molecule has 1 aromatic heterocycles. The molecule has 11 heteroatoms. The summed E-state index contributed by atoms with van der Waals surface area (Å²) >= 11 is 0. The molecule has 3 aromatic rings. The van der Waals surface area contributed by atoms with E-state index in [-0.39, 0.29) is 42.8 Å². The number of carbonyl (C=O) groups is 2. The van der Waals surface area contributed by atoms with Gasteiger partial charge >= 0.3 is 6.09 Å². The summed E-state index contributed by atoms with van der Waals surface area (Å²) in [5, 5.41) is 6.16. The molecule has 2 aliphatic rings. The lowest BCUT2D eigenvalue weighted by Crippen LogP contribution is -2.54. The van der Waals surface area contributed by atoms with Crippen molar-refractivity contribution in [3.8, 4) is 11.3 Å². The molecular weight excluding hydrogens is 535 g/mol. The quantitative estimate of drug-likeness (QED) is 0.412. The molecule has 41 heavy (non-hydrogen) atoms. The third kappa shape index (κ3) is 6.73. The summed E-state index contributed by atoms with van der Waals surface area (Å²) in [4.78, 5) is 32.8. The first kappa shape index (κ1) is 28.7. The number of amides is 2. The molecule has 0 radical (unpaired) electrons. The number of rotatable bonds is 8. The van der Waals surface area contributed by atoms with E-state index in [0.717, 1.165) is 30.9 Å². The Hall–Kier alpha value is -3.86. The Morgan fingerprint density at radius 3 is 2.59 bits per heavy atom. The van der Waals surface area contributed by atoms with E-state index in [0.29, 0.717) is 37.3 Å². The fourth-order valence-corrected chi connectivity index (χ4v) is 5.94. The Kier molecular flexibility index (Phi) is 9.23. The molecule has 5 rings (SSSR count). The van der Waals surface area contributed by atoms with Gasteiger partial charge < -0.3 is 24.8 Å². The first-order valence-electron chi connectivity index (χ1n) is 14.0. The van der Waals surface area contributed by atoms with E-state index >= 15 is 0 Å². The number of carbonyl (C=O) groups excluding carboxylic acids is 2. The Labute approximate surface area is 236 Å². The number of nitrogens with zero attached hydrogens (tertiary/aromatic N) is 3. The number of halogens is 3. The molecule has 1 aliphatic carbocycles. The second-order valence-corrected chi connectivity index (χ2v) is 10.5. The number of alkyl halides is 1. The summed E-state index contributed by atoms with van der Waals surface area (Å²) < 4.78 is 47.2. The Morgan fingerprint density at radius 1 is 1.07 bits per heavy atom. The molecule has 2 amide bonds. The number of alkyl carbamates (subject to hydrolysis) is 1. The first-order valence-corrected chi connectivity index (χ1v) is 14.0. The van der Waals surface area contributed by atoms with Crippen LogP contribution in [0.15, 0.2) is 54.9 Å². The maximum atomic E-state index is 14.2. The summed E-state index contributed by atoms with van der Waals surface area (Å²) in [5.41, 5.74) is 2.19. The van der Waals surface area contributed by atoms with Gasteiger partial charge in [0.15, 0.2) is 5.69 Å². The Morgan fingerprint density at radius 2 is 1.83 bits per heavy atom. The Bertz CT molecular complexity index is 1330. The average molecular weight is 570 g/mol. The molecule has 2 fully saturated rings. The number of nitrogens with one attached hydrogen (secondary N) is 2. The standard InChI is InChI=1S/C30H34F3N5O3/c31-10-13-41-30(40)36-25-8-4-5-9-26(25)38-19-35-27(28(38)21-6-2-1-3-7-21)29(39)37-12-11-34-18-24(37)16-20-14-22(32)17-23(33)15-20/h1-3,6-7,14-15,17,19,24-26,34H,4-5,8-13,16,18H2,(H,36,40)/t24-,25+,26+/m1/s1. The van der Waals surface area contributed by atoms with Gasteiger partial charge in [-0.1, -0.05) is 43.2 Å². The van der Waals surface area contributed by atoms with Crippen LogP contribution in [0.25, 0.3) is 11.3 Å². The Balaban J connectivity index is 1.47. The van der Waals surface area contributed by atoms with Crippen molar-refractivity contribution in [3.63, 3.8) is 0 Å². The summed E-state index contributed by atoms with van der Waals surface area (Å²) in [6, 6.07) is 12.1. The average Bonchev–Trinajstić information content (AvgIpc) is 3.41. The molecule has 3 atom stereocenters. The number of hydrogen-bond donors (Lipinski definition) is 2. The van der Waals surface area contributed by atoms with Crippen LogP contribution in [0, 0.1) is 11.6 Å². The van der Waals surface area contributed by atoms with Crippen LogP contribution in [0.5, 0.6) is 0 Å². The number of ether oxygens (including phenoxy) is 1. The van der Waals surface area contributed by atoms with Gasteiger partial charge in [0.25, 0.3) is 5.91 Å². The fraction of sp³-hybridized carbons (Fsp3) is 0.433. The molecule has 2 N–H and O–H groups in total. The maximum Gasteiger partial charge on any atom is 0.407 e. The van der Waals surface area contributed by atoms with Gasteiger partial charge in [-0.2, -0.15) is 0 Å². The minimum atomic E-state index is -0.756. The largest absolute Gasteiger partial charge is 0.447 e. The molecule has 2 heterocycles. The number of imidazole rings is 1. The highest BCUT2D eigenvalue weighted by atomic mass is 19.1. The van der Waals surface area contributed by atoms with E-state index in [1.54, 1.807) is 11.2 Å². The summed E-state index contributed by atoms with van der Waals surface area (Å²) in [5.74, 6) is -1.58. The third-order valence-electron chi connectivity index (χ3n) is 7.75.